The molecule has 6 rings (SSSR count). The molecule has 10 atom stereocenters. The van der Waals surface area contributed by atoms with Crippen LogP contribution in [0.15, 0.2) is 0 Å². The summed E-state index contributed by atoms with van der Waals surface area (Å²) in [7, 11) is 4.94. The highest BCUT2D eigenvalue weighted by Gasteiger charge is 2.66. The van der Waals surface area contributed by atoms with E-state index in [4.69, 9.17) is 4.74 Å². The number of rotatable bonds is 3. The number of nitrogens with zero attached hydrogens (tertiary/aromatic N) is 2. The number of likely N-dealkylation sites (N-methyl/N-ethyl adjacent to an activating group) is 2. The molecule has 6 fully saturated rings. The molecular weight excluding hydrogens is 632 g/mol. The van der Waals surface area contributed by atoms with Gasteiger partial charge >= 0.3 is 5.97 Å². The summed E-state index contributed by atoms with van der Waals surface area (Å²) in [5.41, 5.74) is 0.421. The van der Waals surface area contributed by atoms with Crippen molar-refractivity contribution in [1.29, 1.82) is 0 Å². The Hall–Kier alpha value is 0.310. The van der Waals surface area contributed by atoms with Crippen molar-refractivity contribution in [3.8, 4) is 0 Å². The van der Waals surface area contributed by atoms with E-state index in [9.17, 15) is 9.90 Å². The second kappa shape index (κ2) is 12.0. The van der Waals surface area contributed by atoms with E-state index in [-0.39, 0.29) is 57.6 Å². The van der Waals surface area contributed by atoms with E-state index in [2.05, 4.69) is 27.9 Å². The molecule has 4 saturated carbocycles. The van der Waals surface area contributed by atoms with Crippen LogP contribution in [0.2, 0.25) is 0 Å². The largest absolute Gasteiger partial charge is 1.00 e. The number of fused-ring (bicyclic) bond motifs is 5. The fourth-order valence-electron chi connectivity index (χ4n) is 11.9. The molecule has 5 unspecified atom stereocenters. The first-order valence-corrected chi connectivity index (χ1v) is 16.5. The lowest BCUT2D eigenvalue weighted by atomic mass is 9.44. The molecule has 232 valence electrons. The monoisotopic (exact) mass is 688 g/mol. The predicted molar refractivity (Wildman–Crippen MR) is 151 cm³/mol. The van der Waals surface area contributed by atoms with Crippen molar-refractivity contribution in [3.05, 3.63) is 0 Å². The molecule has 0 radical (unpaired) electrons. The topological polar surface area (TPSA) is 46.5 Å². The minimum atomic E-state index is -0.146. The summed E-state index contributed by atoms with van der Waals surface area (Å²) in [6.45, 7) is 11.7. The van der Waals surface area contributed by atoms with Gasteiger partial charge in [-0.05, 0) is 99.7 Å². The second-order valence-corrected chi connectivity index (χ2v) is 16.1. The van der Waals surface area contributed by atoms with Crippen molar-refractivity contribution in [1.82, 2.24) is 0 Å². The Balaban J connectivity index is 0.00000185. The zero-order valence-electron chi connectivity index (χ0n) is 26.1. The first-order chi connectivity index (χ1) is 18.0. The van der Waals surface area contributed by atoms with Gasteiger partial charge in [-0.15, -0.1) is 0 Å². The van der Waals surface area contributed by atoms with Crippen LogP contribution < -0.4 is 34.0 Å². The first-order valence-electron chi connectivity index (χ1n) is 16.5. The van der Waals surface area contributed by atoms with Crippen LogP contribution in [0.4, 0.5) is 0 Å². The number of carbonyl (C=O) groups is 1. The van der Waals surface area contributed by atoms with Crippen molar-refractivity contribution in [2.75, 3.05) is 40.3 Å². The maximum Gasteiger partial charge on any atom is 0.303 e. The van der Waals surface area contributed by atoms with E-state index in [0.29, 0.717) is 29.3 Å². The van der Waals surface area contributed by atoms with Gasteiger partial charge in [-0.2, -0.15) is 0 Å². The smallest absolute Gasteiger partial charge is 0.303 e. The average molecular weight is 691 g/mol. The maximum absolute atomic E-state index is 12.2. The van der Waals surface area contributed by atoms with Gasteiger partial charge in [-0.25, -0.2) is 0 Å². The lowest BCUT2D eigenvalue weighted by molar-refractivity contribution is -0.943. The highest BCUT2D eigenvalue weighted by atomic mass is 79.9. The van der Waals surface area contributed by atoms with Gasteiger partial charge < -0.3 is 52.8 Å². The number of hydrogen-bond donors (Lipinski definition) is 1. The summed E-state index contributed by atoms with van der Waals surface area (Å²) in [5.74, 6) is 2.76. The average Bonchev–Trinajstić information content (AvgIpc) is 3.16. The quantitative estimate of drug-likeness (QED) is 0.323. The van der Waals surface area contributed by atoms with Gasteiger partial charge in [0.15, 0.2) is 6.10 Å². The number of carbonyl (C=O) groups excluding carboxylic acids is 1. The van der Waals surface area contributed by atoms with Crippen LogP contribution in [-0.2, 0) is 9.53 Å². The molecule has 2 aliphatic heterocycles. The Morgan fingerprint density at radius 3 is 1.93 bits per heavy atom. The lowest BCUT2D eigenvalue weighted by Crippen LogP contribution is -3.00. The standard InChI is InChI=1S/C33H58N2O3.2BrH/c1-23(36)38-30-20-24-12-13-25-26(33(24,3)22-29(30)35(5)18-10-7-11-19-35)14-15-32(2)27(25)21-28(31(32)37)34(4)16-8-6-9-17-34;;/h24-31,37H,6-22H2,1-5H3;2*1H/q+2;;/p-2/t24-,25?,26?,27?,28?,29-,30-,31?,32-,33-;;/m0../s1. The molecule has 5 nitrogen and oxygen atoms in total. The SMILES string of the molecule is CC(=O)O[C@H]1C[C@@H]2CCC3C4CC([N+]5(C)CCCCC5)C(O)[C@@]4(C)CCC3[C@@]2(C)C[C@@H]1[N+]1(C)CCCCC1.[Br-].[Br-]. The Kier molecular flexibility index (Phi) is 9.97. The van der Waals surface area contributed by atoms with Crippen LogP contribution in [0, 0.1) is 34.5 Å². The molecule has 0 aromatic carbocycles. The number of hydrogen-bond acceptors (Lipinski definition) is 3. The van der Waals surface area contributed by atoms with Gasteiger partial charge in [0, 0.05) is 25.2 Å². The minimum absolute atomic E-state index is 0. The molecule has 0 amide bonds. The van der Waals surface area contributed by atoms with Gasteiger partial charge in [0.2, 0.25) is 0 Å². The third-order valence-corrected chi connectivity index (χ3v) is 14.2. The number of ether oxygens (including phenoxy) is 1. The van der Waals surface area contributed by atoms with Crippen LogP contribution in [0.25, 0.3) is 0 Å². The van der Waals surface area contributed by atoms with Crippen LogP contribution >= 0.6 is 0 Å². The molecule has 2 saturated heterocycles. The molecule has 7 heteroatoms. The number of aliphatic hydroxyl groups excluding tert-OH is 1. The summed E-state index contributed by atoms with van der Waals surface area (Å²) >= 11 is 0. The number of likely N-dealkylation sites (tertiary alicyclic amines) is 2. The van der Waals surface area contributed by atoms with E-state index >= 15 is 0 Å². The second-order valence-electron chi connectivity index (χ2n) is 16.1. The van der Waals surface area contributed by atoms with Crippen molar-refractivity contribution in [2.24, 2.45) is 34.5 Å². The van der Waals surface area contributed by atoms with Gasteiger partial charge in [0.05, 0.1) is 40.3 Å². The van der Waals surface area contributed by atoms with Gasteiger partial charge in [-0.3, -0.25) is 4.79 Å². The minimum Gasteiger partial charge on any atom is -1.00 e. The van der Waals surface area contributed by atoms with Crippen LogP contribution in [-0.4, -0.2) is 84.6 Å². The zero-order chi connectivity index (χ0) is 26.9. The molecule has 40 heavy (non-hydrogen) atoms. The van der Waals surface area contributed by atoms with Gasteiger partial charge in [-0.1, -0.05) is 13.8 Å². The van der Waals surface area contributed by atoms with Crippen molar-refractivity contribution in [2.45, 2.75) is 129 Å². The van der Waals surface area contributed by atoms with Gasteiger partial charge in [0.25, 0.3) is 0 Å². The molecule has 4 aliphatic carbocycles. The fourth-order valence-corrected chi connectivity index (χ4v) is 11.9. The molecule has 0 aromatic heterocycles. The Labute approximate surface area is 265 Å². The maximum atomic E-state index is 12.2. The molecule has 6 aliphatic rings. The summed E-state index contributed by atoms with van der Waals surface area (Å²) in [6.07, 6.45) is 16.5. The van der Waals surface area contributed by atoms with E-state index in [1.54, 1.807) is 6.92 Å². The van der Waals surface area contributed by atoms with Crippen LogP contribution in [0.3, 0.4) is 0 Å². The summed E-state index contributed by atoms with van der Waals surface area (Å²) in [6, 6.07) is 0.868. The Bertz CT molecular complexity index is 906. The first kappa shape index (κ1) is 33.2. The van der Waals surface area contributed by atoms with Crippen molar-refractivity contribution in [3.63, 3.8) is 0 Å². The number of piperidine rings is 2. The lowest BCUT2D eigenvalue weighted by Gasteiger charge is -2.63. The molecule has 0 bridgehead atoms. The van der Waals surface area contributed by atoms with Crippen molar-refractivity contribution < 1.29 is 57.6 Å². The highest BCUT2D eigenvalue weighted by Crippen LogP contribution is 2.67. The van der Waals surface area contributed by atoms with E-state index in [1.807, 2.05) is 0 Å². The number of quaternary nitrogens is 2. The number of esters is 1. The third kappa shape index (κ3) is 5.30. The number of aliphatic hydroxyl groups is 1. The zero-order valence-corrected chi connectivity index (χ0v) is 29.2. The Morgan fingerprint density at radius 2 is 1.35 bits per heavy atom. The van der Waals surface area contributed by atoms with E-state index in [1.165, 1.54) is 103 Å². The van der Waals surface area contributed by atoms with Gasteiger partial charge in [0.1, 0.15) is 18.2 Å². The fraction of sp³-hybridized carbons (Fsp3) is 0.970. The van der Waals surface area contributed by atoms with Crippen LogP contribution in [0.5, 0.6) is 0 Å². The summed E-state index contributed by atoms with van der Waals surface area (Å²) in [4.78, 5) is 12.2. The molecular formula is C33H58Br2N2O3. The van der Waals surface area contributed by atoms with Crippen molar-refractivity contribution >= 4 is 5.97 Å². The molecule has 2 heterocycles. The molecule has 1 N–H and O–H groups in total. The predicted octanol–water partition coefficient (Wildman–Crippen LogP) is -0.452. The third-order valence-electron chi connectivity index (χ3n) is 14.2. The summed E-state index contributed by atoms with van der Waals surface area (Å²) in [5, 5.41) is 11.9. The Morgan fingerprint density at radius 1 is 0.775 bits per heavy atom. The highest BCUT2D eigenvalue weighted by molar-refractivity contribution is 5.66. The molecule has 0 spiro atoms. The number of halogens is 2. The normalized spacial score (nSPS) is 47.4. The summed E-state index contributed by atoms with van der Waals surface area (Å²) < 4.78 is 8.38. The van der Waals surface area contributed by atoms with E-state index in [0.717, 1.165) is 27.2 Å². The molecule has 0 aromatic rings. The van der Waals surface area contributed by atoms with Crippen LogP contribution in [0.1, 0.15) is 104 Å². The van der Waals surface area contributed by atoms with E-state index < -0.39 is 0 Å².